The second-order valence-electron chi connectivity index (χ2n) is 8.76. The van der Waals surface area contributed by atoms with E-state index in [1.54, 1.807) is 0 Å². The molecule has 1 rings (SSSR count). The summed E-state index contributed by atoms with van der Waals surface area (Å²) in [5, 5.41) is 9.29. The van der Waals surface area contributed by atoms with E-state index in [1.165, 1.54) is 0 Å². The summed E-state index contributed by atoms with van der Waals surface area (Å²) in [6.45, 7) is 15.5. The van der Waals surface area contributed by atoms with E-state index in [-0.39, 0.29) is 16.6 Å². The lowest BCUT2D eigenvalue weighted by atomic mass is 9.67. The van der Waals surface area contributed by atoms with Gasteiger partial charge in [-0.25, -0.2) is 0 Å². The third kappa shape index (κ3) is 3.20. The van der Waals surface area contributed by atoms with Crippen molar-refractivity contribution in [1.29, 1.82) is 0 Å². The maximum atomic E-state index is 11.6. The van der Waals surface area contributed by atoms with Gasteiger partial charge in [-0.1, -0.05) is 34.6 Å². The molecule has 0 aromatic heterocycles. The Labute approximate surface area is 128 Å². The molecule has 1 saturated carbocycles. The largest absolute Gasteiger partial charge is 0.481 e. The van der Waals surface area contributed by atoms with Gasteiger partial charge in [-0.2, -0.15) is 0 Å². The lowest BCUT2D eigenvalue weighted by molar-refractivity contribution is -0.147. The number of carboxylic acid groups (broad SMARTS) is 1. The molecule has 2 unspecified atom stereocenters. The predicted molar refractivity (Wildman–Crippen MR) is 90.0 cm³/mol. The summed E-state index contributed by atoms with van der Waals surface area (Å²) in [6, 6.07) is 0. The van der Waals surface area contributed by atoms with E-state index >= 15 is 0 Å². The highest BCUT2D eigenvalue weighted by atomic mass is 28.4. The third-order valence-electron chi connectivity index (χ3n) is 5.94. The Balaban J connectivity index is 2.85. The van der Waals surface area contributed by atoms with Crippen molar-refractivity contribution in [2.45, 2.75) is 83.2 Å². The molecule has 0 aliphatic heterocycles. The van der Waals surface area contributed by atoms with Gasteiger partial charge >= 0.3 is 5.97 Å². The predicted octanol–water partition coefficient (Wildman–Crippen LogP) is 3.20. The molecule has 0 aromatic carbocycles. The first kappa shape index (κ1) is 17.9. The fourth-order valence-corrected chi connectivity index (χ4v) is 4.66. The molecule has 1 fully saturated rings. The number of aliphatic carboxylic acids is 1. The van der Waals surface area contributed by atoms with Crippen LogP contribution in [0.25, 0.3) is 0 Å². The summed E-state index contributed by atoms with van der Waals surface area (Å²) in [5.41, 5.74) is -0.170. The summed E-state index contributed by atoms with van der Waals surface area (Å²) in [7, 11) is -1.06. The van der Waals surface area contributed by atoms with Crippen LogP contribution in [0.5, 0.6) is 0 Å². The Morgan fingerprint density at radius 3 is 2.20 bits per heavy atom. The minimum Gasteiger partial charge on any atom is -0.481 e. The summed E-state index contributed by atoms with van der Waals surface area (Å²) >= 11 is 0. The van der Waals surface area contributed by atoms with Crippen molar-refractivity contribution in [3.05, 3.63) is 0 Å². The van der Waals surface area contributed by atoms with Crippen molar-refractivity contribution in [2.24, 2.45) is 5.41 Å². The van der Waals surface area contributed by atoms with Gasteiger partial charge in [-0.3, -0.25) is 4.79 Å². The molecule has 3 nitrogen and oxygen atoms in total. The van der Waals surface area contributed by atoms with E-state index in [0.29, 0.717) is 10.2 Å². The molecule has 0 saturated heterocycles. The summed E-state index contributed by atoms with van der Waals surface area (Å²) < 4.78 is 6.51. The molecule has 1 N–H and O–H groups in total. The monoisotopic (exact) mass is 316 g/mol. The maximum Gasteiger partial charge on any atom is 0.306 e. The van der Waals surface area contributed by atoms with Gasteiger partial charge in [0.2, 0.25) is 0 Å². The van der Waals surface area contributed by atoms with Gasteiger partial charge < -0.3 is 9.53 Å². The van der Waals surface area contributed by atoms with Gasteiger partial charge in [0.25, 0.3) is 0 Å². The van der Waals surface area contributed by atoms with E-state index in [9.17, 15) is 9.90 Å². The molecule has 0 aromatic rings. The Hall–Kier alpha value is -0.136. The van der Waals surface area contributed by atoms with Crippen molar-refractivity contribution in [2.75, 3.05) is 0 Å². The fourth-order valence-electron chi connectivity index (χ4n) is 2.77. The zero-order valence-electron chi connectivity index (χ0n) is 14.5. The second kappa shape index (κ2) is 5.25. The molecule has 20 heavy (non-hydrogen) atoms. The Morgan fingerprint density at radius 1 is 1.35 bits per heavy atom. The molecule has 2 atom stereocenters. The van der Waals surface area contributed by atoms with Crippen LogP contribution < -0.4 is 0 Å². The molecule has 1 aliphatic rings. The highest BCUT2D eigenvalue weighted by molar-refractivity contribution is 6.74. The number of carbonyl (C=O) groups is 1. The zero-order chi connectivity index (χ0) is 16.0. The second-order valence-corrected chi connectivity index (χ2v) is 15.2. The van der Waals surface area contributed by atoms with Crippen LogP contribution in [0.2, 0.25) is 23.2 Å². The van der Waals surface area contributed by atoms with E-state index in [2.05, 4.69) is 47.7 Å². The normalized spacial score (nSPS) is 31.2. The molecular weight excluding hydrogens is 284 g/mol. The first-order valence-corrected chi connectivity index (χ1v) is 11.5. The fraction of sp³-hybridized carbons (Fsp3) is 0.933. The number of hydrogen-bond acceptors (Lipinski definition) is 2. The van der Waals surface area contributed by atoms with Crippen molar-refractivity contribution >= 4 is 24.5 Å². The molecule has 0 heterocycles. The maximum absolute atomic E-state index is 11.6. The quantitative estimate of drug-likeness (QED) is 0.813. The number of carboxylic acids is 1. The van der Waals surface area contributed by atoms with Gasteiger partial charge in [0.1, 0.15) is 0 Å². The minimum atomic E-state index is -1.76. The minimum absolute atomic E-state index is 0.170. The number of hydrogen-bond donors (Lipinski definition) is 1. The number of rotatable bonds is 3. The van der Waals surface area contributed by atoms with Crippen LogP contribution in [0.15, 0.2) is 0 Å². The van der Waals surface area contributed by atoms with Gasteiger partial charge in [0, 0.05) is 16.3 Å². The van der Waals surface area contributed by atoms with Gasteiger partial charge in [0.05, 0.1) is 5.04 Å². The van der Waals surface area contributed by atoms with Crippen molar-refractivity contribution in [3.63, 3.8) is 0 Å². The van der Waals surface area contributed by atoms with E-state index in [4.69, 9.17) is 4.43 Å². The van der Waals surface area contributed by atoms with Gasteiger partial charge in [-0.05, 0) is 42.8 Å². The Bertz CT molecular complexity index is 385. The van der Waals surface area contributed by atoms with Crippen LogP contribution in [0.4, 0.5) is 0 Å². The average Bonchev–Trinajstić information content (AvgIpc) is 2.20. The van der Waals surface area contributed by atoms with E-state index < -0.39 is 19.3 Å². The van der Waals surface area contributed by atoms with Gasteiger partial charge in [0.15, 0.2) is 8.32 Å². The summed E-state index contributed by atoms with van der Waals surface area (Å²) in [5.74, 6) is -0.611. The average molecular weight is 317 g/mol. The molecule has 118 valence electrons. The first-order valence-electron chi connectivity index (χ1n) is 7.64. The van der Waals surface area contributed by atoms with Crippen LogP contribution in [0.1, 0.15) is 53.9 Å². The summed E-state index contributed by atoms with van der Waals surface area (Å²) in [4.78, 5) is 11.6. The standard InChI is InChI=1S/C15H32O3Si2/c1-13(2,3)20(6,7)18-11-8-9-15(19,12(16)17)14(4,5)10-11/h11H,8-10H2,1-7,19H3,(H,16,17). The van der Waals surface area contributed by atoms with Crippen molar-refractivity contribution in [1.82, 2.24) is 0 Å². The van der Waals surface area contributed by atoms with Gasteiger partial charge in [-0.15, -0.1) is 0 Å². The van der Waals surface area contributed by atoms with E-state index in [0.717, 1.165) is 19.3 Å². The van der Waals surface area contributed by atoms with E-state index in [1.807, 2.05) is 0 Å². The highest BCUT2D eigenvalue weighted by Gasteiger charge is 2.52. The molecule has 0 spiro atoms. The molecule has 5 heteroatoms. The Morgan fingerprint density at radius 2 is 1.85 bits per heavy atom. The lowest BCUT2D eigenvalue weighted by Gasteiger charge is -2.50. The Kier molecular flexibility index (Phi) is 4.70. The highest BCUT2D eigenvalue weighted by Crippen LogP contribution is 2.55. The van der Waals surface area contributed by atoms with Crippen LogP contribution in [-0.2, 0) is 9.22 Å². The van der Waals surface area contributed by atoms with Crippen LogP contribution >= 0.6 is 0 Å². The third-order valence-corrected chi connectivity index (χ3v) is 12.8. The summed E-state index contributed by atoms with van der Waals surface area (Å²) in [6.07, 6.45) is 2.76. The first-order chi connectivity index (χ1) is 8.73. The molecule has 1 aliphatic carbocycles. The lowest BCUT2D eigenvalue weighted by Crippen LogP contribution is -2.50. The van der Waals surface area contributed by atoms with Crippen LogP contribution in [0.3, 0.4) is 0 Å². The van der Waals surface area contributed by atoms with Crippen LogP contribution in [0, 0.1) is 5.41 Å². The molecule has 0 bridgehead atoms. The molecule has 0 amide bonds. The smallest absolute Gasteiger partial charge is 0.306 e. The van der Waals surface area contributed by atoms with Crippen molar-refractivity contribution < 1.29 is 14.3 Å². The van der Waals surface area contributed by atoms with Crippen LogP contribution in [-0.4, -0.2) is 35.7 Å². The molecular formula is C15H32O3Si2. The topological polar surface area (TPSA) is 46.5 Å². The van der Waals surface area contributed by atoms with Crippen molar-refractivity contribution in [3.8, 4) is 0 Å². The SMILES string of the molecule is CC1(C)CC(O[Si](C)(C)C(C)(C)C)CCC1([SiH3])C(=O)O. The zero-order valence-corrected chi connectivity index (χ0v) is 17.5. The molecule has 0 radical (unpaired) electrons.